The molecule has 0 aliphatic heterocycles. The number of nitrogens with zero attached hydrogens (tertiary/aromatic N) is 1. The van der Waals surface area contributed by atoms with Gasteiger partial charge in [0.15, 0.2) is 0 Å². The highest BCUT2D eigenvalue weighted by atomic mass is 16.1. The second-order valence-corrected chi connectivity index (χ2v) is 3.94. The molecule has 0 saturated heterocycles. The lowest BCUT2D eigenvalue weighted by Gasteiger charge is -2.07. The summed E-state index contributed by atoms with van der Waals surface area (Å²) in [5.41, 5.74) is 7.47. The molecule has 2 rings (SSSR count). The van der Waals surface area contributed by atoms with Gasteiger partial charge in [0.05, 0.1) is 0 Å². The first kappa shape index (κ1) is 10.6. The minimum absolute atomic E-state index is 0.260. The quantitative estimate of drug-likeness (QED) is 0.849. The maximum Gasteiger partial charge on any atom is 0.217 e. The van der Waals surface area contributed by atoms with Crippen LogP contribution < -0.4 is 5.73 Å². The van der Waals surface area contributed by atoms with E-state index < -0.39 is 0 Å². The summed E-state index contributed by atoms with van der Waals surface area (Å²) < 4.78 is 0. The van der Waals surface area contributed by atoms with Crippen LogP contribution in [0.2, 0.25) is 0 Å². The van der Waals surface area contributed by atoms with Gasteiger partial charge < -0.3 is 5.73 Å². The number of amides is 1. The fraction of sp³-hybridized carbons (Fsp3) is 0.231. The Morgan fingerprint density at radius 2 is 2.19 bits per heavy atom. The molecule has 3 heteroatoms. The number of pyridine rings is 1. The summed E-state index contributed by atoms with van der Waals surface area (Å²) in [5, 5.41) is 2.31. The van der Waals surface area contributed by atoms with Gasteiger partial charge in [-0.15, -0.1) is 0 Å². The molecule has 0 fully saturated rings. The Hall–Kier alpha value is -1.90. The minimum atomic E-state index is -0.260. The van der Waals surface area contributed by atoms with Gasteiger partial charge in [0.1, 0.15) is 0 Å². The number of rotatable bonds is 3. The normalized spacial score (nSPS) is 10.6. The lowest BCUT2D eigenvalue weighted by Crippen LogP contribution is -2.11. The Kier molecular flexibility index (Phi) is 2.86. The van der Waals surface area contributed by atoms with E-state index in [0.717, 1.165) is 16.5 Å². The van der Waals surface area contributed by atoms with Crippen LogP contribution in [0.4, 0.5) is 0 Å². The highest BCUT2D eigenvalue weighted by Gasteiger charge is 2.05. The molecule has 1 heterocycles. The monoisotopic (exact) mass is 214 g/mol. The molecular weight excluding hydrogens is 200 g/mol. The number of benzene rings is 1. The first-order valence-corrected chi connectivity index (χ1v) is 5.29. The first-order chi connectivity index (χ1) is 7.68. The van der Waals surface area contributed by atoms with E-state index in [4.69, 9.17) is 5.73 Å². The molecule has 1 aromatic heterocycles. The van der Waals surface area contributed by atoms with Crippen LogP contribution >= 0.6 is 0 Å². The molecule has 3 nitrogen and oxygen atoms in total. The minimum Gasteiger partial charge on any atom is -0.370 e. The fourth-order valence-electron chi connectivity index (χ4n) is 1.97. The van der Waals surface area contributed by atoms with Gasteiger partial charge in [-0.25, -0.2) is 0 Å². The molecule has 0 aliphatic carbocycles. The molecule has 0 saturated carbocycles. The SMILES string of the molecule is Cc1cncc2cccc(CCC(N)=O)c12. The largest absolute Gasteiger partial charge is 0.370 e. The molecule has 16 heavy (non-hydrogen) atoms. The summed E-state index contributed by atoms with van der Waals surface area (Å²) in [7, 11) is 0. The van der Waals surface area contributed by atoms with Crippen molar-refractivity contribution >= 4 is 16.7 Å². The Morgan fingerprint density at radius 3 is 2.94 bits per heavy atom. The van der Waals surface area contributed by atoms with Crippen molar-refractivity contribution < 1.29 is 4.79 Å². The van der Waals surface area contributed by atoms with E-state index in [9.17, 15) is 4.79 Å². The van der Waals surface area contributed by atoms with E-state index in [0.29, 0.717) is 12.8 Å². The molecule has 0 unspecified atom stereocenters. The van der Waals surface area contributed by atoms with Gasteiger partial charge in [0, 0.05) is 24.2 Å². The summed E-state index contributed by atoms with van der Waals surface area (Å²) in [5.74, 6) is -0.260. The highest BCUT2D eigenvalue weighted by Crippen LogP contribution is 2.22. The van der Waals surface area contributed by atoms with Gasteiger partial charge in [-0.05, 0) is 29.9 Å². The zero-order chi connectivity index (χ0) is 11.5. The average molecular weight is 214 g/mol. The van der Waals surface area contributed by atoms with E-state index in [1.807, 2.05) is 37.5 Å². The Labute approximate surface area is 94.3 Å². The van der Waals surface area contributed by atoms with Crippen molar-refractivity contribution in [3.05, 3.63) is 41.7 Å². The molecule has 0 aliphatic rings. The van der Waals surface area contributed by atoms with Gasteiger partial charge in [0.2, 0.25) is 5.91 Å². The van der Waals surface area contributed by atoms with Crippen LogP contribution in [0.1, 0.15) is 17.5 Å². The molecule has 0 bridgehead atoms. The van der Waals surface area contributed by atoms with Crippen molar-refractivity contribution in [3.63, 3.8) is 0 Å². The molecular formula is C13H14N2O. The Balaban J connectivity index is 2.48. The third-order valence-corrected chi connectivity index (χ3v) is 2.70. The smallest absolute Gasteiger partial charge is 0.217 e. The summed E-state index contributed by atoms with van der Waals surface area (Å²) in [6.45, 7) is 2.03. The molecule has 1 aromatic carbocycles. The van der Waals surface area contributed by atoms with Crippen LogP contribution in [0.5, 0.6) is 0 Å². The topological polar surface area (TPSA) is 56.0 Å². The van der Waals surface area contributed by atoms with Crippen LogP contribution in [0.15, 0.2) is 30.6 Å². The average Bonchev–Trinajstić information content (AvgIpc) is 2.26. The highest BCUT2D eigenvalue weighted by molar-refractivity contribution is 5.88. The van der Waals surface area contributed by atoms with Crippen molar-refractivity contribution in [2.45, 2.75) is 19.8 Å². The maximum absolute atomic E-state index is 10.8. The van der Waals surface area contributed by atoms with E-state index >= 15 is 0 Å². The predicted octanol–water partition coefficient (Wildman–Crippen LogP) is 1.96. The molecule has 0 radical (unpaired) electrons. The van der Waals surface area contributed by atoms with E-state index in [1.54, 1.807) is 0 Å². The summed E-state index contributed by atoms with van der Waals surface area (Å²) in [6.07, 6.45) is 4.77. The van der Waals surface area contributed by atoms with Gasteiger partial charge >= 0.3 is 0 Å². The standard InChI is InChI=1S/C13H14N2O/c1-9-7-15-8-11-4-2-3-10(13(9)11)5-6-12(14)16/h2-4,7-8H,5-6H2,1H3,(H2,14,16). The van der Waals surface area contributed by atoms with Crippen LogP contribution in [0, 0.1) is 6.92 Å². The zero-order valence-electron chi connectivity index (χ0n) is 9.23. The van der Waals surface area contributed by atoms with Gasteiger partial charge in [-0.2, -0.15) is 0 Å². The van der Waals surface area contributed by atoms with E-state index in [1.165, 1.54) is 5.39 Å². The number of primary amides is 1. The number of aromatic nitrogens is 1. The molecule has 0 atom stereocenters. The van der Waals surface area contributed by atoms with Crippen molar-refractivity contribution in [1.82, 2.24) is 4.98 Å². The van der Waals surface area contributed by atoms with Crippen LogP contribution in [-0.4, -0.2) is 10.9 Å². The molecule has 1 amide bonds. The summed E-state index contributed by atoms with van der Waals surface area (Å²) >= 11 is 0. The third-order valence-electron chi connectivity index (χ3n) is 2.70. The number of carbonyl (C=O) groups is 1. The Morgan fingerprint density at radius 1 is 1.38 bits per heavy atom. The number of hydrogen-bond donors (Lipinski definition) is 1. The lowest BCUT2D eigenvalue weighted by atomic mass is 9.99. The molecule has 2 aromatic rings. The molecule has 82 valence electrons. The number of hydrogen-bond acceptors (Lipinski definition) is 2. The van der Waals surface area contributed by atoms with E-state index in [2.05, 4.69) is 4.98 Å². The van der Waals surface area contributed by atoms with Crippen LogP contribution in [0.25, 0.3) is 10.8 Å². The van der Waals surface area contributed by atoms with Gasteiger partial charge in [-0.1, -0.05) is 18.2 Å². The van der Waals surface area contributed by atoms with Crippen molar-refractivity contribution in [2.24, 2.45) is 5.73 Å². The Bertz CT molecular complexity index is 529. The van der Waals surface area contributed by atoms with Crippen molar-refractivity contribution in [3.8, 4) is 0 Å². The lowest BCUT2D eigenvalue weighted by molar-refractivity contribution is -0.117. The number of carbonyl (C=O) groups excluding carboxylic acids is 1. The number of aryl methyl sites for hydroxylation is 2. The maximum atomic E-state index is 10.8. The van der Waals surface area contributed by atoms with Crippen molar-refractivity contribution in [2.75, 3.05) is 0 Å². The predicted molar refractivity (Wildman–Crippen MR) is 64.0 cm³/mol. The van der Waals surface area contributed by atoms with Crippen LogP contribution in [0.3, 0.4) is 0 Å². The molecule has 2 N–H and O–H groups in total. The summed E-state index contributed by atoms with van der Waals surface area (Å²) in [4.78, 5) is 15.0. The van der Waals surface area contributed by atoms with Crippen LogP contribution in [-0.2, 0) is 11.2 Å². The zero-order valence-corrected chi connectivity index (χ0v) is 9.23. The second kappa shape index (κ2) is 4.31. The molecule has 0 spiro atoms. The number of nitrogens with two attached hydrogens (primary N) is 1. The fourth-order valence-corrected chi connectivity index (χ4v) is 1.97. The third kappa shape index (κ3) is 2.03. The second-order valence-electron chi connectivity index (χ2n) is 3.94. The van der Waals surface area contributed by atoms with Gasteiger partial charge in [-0.3, -0.25) is 9.78 Å². The van der Waals surface area contributed by atoms with E-state index in [-0.39, 0.29) is 5.91 Å². The first-order valence-electron chi connectivity index (χ1n) is 5.29. The van der Waals surface area contributed by atoms with Crippen molar-refractivity contribution in [1.29, 1.82) is 0 Å². The summed E-state index contributed by atoms with van der Waals surface area (Å²) in [6, 6.07) is 6.06. The van der Waals surface area contributed by atoms with Gasteiger partial charge in [0.25, 0.3) is 0 Å². The number of fused-ring (bicyclic) bond motifs is 1.